The number of aromatic nitrogens is 1. The summed E-state index contributed by atoms with van der Waals surface area (Å²) in [7, 11) is -3.72. The Morgan fingerprint density at radius 3 is 2.68 bits per heavy atom. The second kappa shape index (κ2) is 7.61. The van der Waals surface area contributed by atoms with Gasteiger partial charge in [0.1, 0.15) is 12.4 Å². The number of thiazole rings is 1. The van der Waals surface area contributed by atoms with Crippen LogP contribution in [0.15, 0.2) is 65.0 Å². The highest BCUT2D eigenvalue weighted by Gasteiger charge is 2.26. The van der Waals surface area contributed by atoms with E-state index in [2.05, 4.69) is 15.0 Å². The Kier molecular flexibility index (Phi) is 5.01. The van der Waals surface area contributed by atoms with E-state index >= 15 is 0 Å². The second-order valence-corrected chi connectivity index (χ2v) is 8.85. The zero-order chi connectivity index (χ0) is 19.6. The van der Waals surface area contributed by atoms with Crippen LogP contribution >= 0.6 is 11.3 Å². The lowest BCUT2D eigenvalue weighted by atomic mass is 9.96. The van der Waals surface area contributed by atoms with E-state index in [1.165, 1.54) is 29.7 Å². The van der Waals surface area contributed by atoms with Crippen molar-refractivity contribution in [3.05, 3.63) is 65.7 Å². The largest absolute Gasteiger partial charge is 0.492 e. The number of para-hydroxylation sites is 1. The van der Waals surface area contributed by atoms with E-state index in [-0.39, 0.29) is 16.7 Å². The average molecular weight is 415 g/mol. The molecule has 1 amide bonds. The molecule has 7 nitrogen and oxygen atoms in total. The van der Waals surface area contributed by atoms with Crippen LogP contribution in [0, 0.1) is 5.92 Å². The first-order chi connectivity index (χ1) is 13.5. The molecule has 1 aromatic heterocycles. The molecule has 1 aliphatic rings. The van der Waals surface area contributed by atoms with Gasteiger partial charge in [0.2, 0.25) is 5.91 Å². The number of amides is 1. The Morgan fingerprint density at radius 1 is 1.14 bits per heavy atom. The van der Waals surface area contributed by atoms with Crippen LogP contribution in [0.1, 0.15) is 5.56 Å². The number of hydrogen-bond donors (Lipinski definition) is 2. The minimum absolute atomic E-state index is 0.0932. The first kappa shape index (κ1) is 18.5. The summed E-state index contributed by atoms with van der Waals surface area (Å²) in [5.74, 6) is 0.352. The zero-order valence-corrected chi connectivity index (χ0v) is 16.3. The Hall–Kier alpha value is -2.91. The van der Waals surface area contributed by atoms with Gasteiger partial charge in [-0.1, -0.05) is 18.2 Å². The number of benzene rings is 2. The van der Waals surface area contributed by atoms with Gasteiger partial charge in [0.15, 0.2) is 5.13 Å². The molecule has 1 aliphatic heterocycles. The number of nitrogens with one attached hydrogen (secondary N) is 2. The van der Waals surface area contributed by atoms with Crippen molar-refractivity contribution in [3.63, 3.8) is 0 Å². The van der Waals surface area contributed by atoms with Crippen LogP contribution in [0.2, 0.25) is 0 Å². The van der Waals surface area contributed by atoms with Crippen molar-refractivity contribution < 1.29 is 17.9 Å². The van der Waals surface area contributed by atoms with Gasteiger partial charge in [-0.25, -0.2) is 13.4 Å². The predicted octanol–water partition coefficient (Wildman–Crippen LogP) is 3.13. The molecule has 0 radical (unpaired) electrons. The molecule has 0 spiro atoms. The third kappa shape index (κ3) is 4.00. The molecule has 0 saturated carbocycles. The number of rotatable bonds is 5. The number of sulfonamides is 1. The summed E-state index contributed by atoms with van der Waals surface area (Å²) in [4.78, 5) is 16.5. The smallest absolute Gasteiger partial charge is 0.263 e. The molecule has 28 heavy (non-hydrogen) atoms. The number of fused-ring (bicyclic) bond motifs is 1. The summed E-state index contributed by atoms with van der Waals surface area (Å²) in [5, 5.41) is 4.81. The van der Waals surface area contributed by atoms with E-state index in [4.69, 9.17) is 4.74 Å². The molecule has 0 saturated heterocycles. The summed E-state index contributed by atoms with van der Waals surface area (Å²) in [5.41, 5.74) is 1.53. The maximum Gasteiger partial charge on any atom is 0.263 e. The number of hydrogen-bond acceptors (Lipinski definition) is 6. The summed E-state index contributed by atoms with van der Waals surface area (Å²) in [6.07, 6.45) is 2.13. The van der Waals surface area contributed by atoms with Crippen LogP contribution in [0.4, 0.5) is 10.8 Å². The minimum atomic E-state index is -3.72. The van der Waals surface area contributed by atoms with Crippen LogP contribution in [0.5, 0.6) is 5.75 Å². The fourth-order valence-electron chi connectivity index (χ4n) is 2.91. The van der Waals surface area contributed by atoms with Crippen molar-refractivity contribution >= 4 is 38.1 Å². The summed E-state index contributed by atoms with van der Waals surface area (Å²) >= 11 is 1.20. The van der Waals surface area contributed by atoms with Gasteiger partial charge in [0.25, 0.3) is 10.0 Å². The van der Waals surface area contributed by atoms with Crippen molar-refractivity contribution in [1.82, 2.24) is 4.98 Å². The van der Waals surface area contributed by atoms with Gasteiger partial charge in [-0.3, -0.25) is 9.52 Å². The molecular weight excluding hydrogens is 398 g/mol. The number of carbonyl (C=O) groups excluding carboxylic acids is 1. The lowest BCUT2D eigenvalue weighted by Crippen LogP contribution is -2.32. The number of ether oxygens (including phenoxy) is 1. The van der Waals surface area contributed by atoms with Gasteiger partial charge >= 0.3 is 0 Å². The van der Waals surface area contributed by atoms with Crippen molar-refractivity contribution in [1.29, 1.82) is 0 Å². The standard InChI is InChI=1S/C19H17N3O4S2/c23-18(14-11-13-3-1-2-4-17(13)26-12-14)21-15-5-7-16(8-6-15)28(24,25)22-19-20-9-10-27-19/h1-10,14H,11-12H2,(H,20,22)(H,21,23). The van der Waals surface area contributed by atoms with Gasteiger partial charge in [-0.15, -0.1) is 11.3 Å². The van der Waals surface area contributed by atoms with Crippen LogP contribution in [-0.4, -0.2) is 25.9 Å². The normalized spacial score (nSPS) is 15.9. The van der Waals surface area contributed by atoms with E-state index in [1.54, 1.807) is 17.5 Å². The Bertz CT molecular complexity index is 1080. The third-order valence-electron chi connectivity index (χ3n) is 4.34. The van der Waals surface area contributed by atoms with Crippen molar-refractivity contribution in [2.24, 2.45) is 5.92 Å². The second-order valence-electron chi connectivity index (χ2n) is 6.28. The molecule has 4 rings (SSSR count). The number of nitrogens with zero attached hydrogens (tertiary/aromatic N) is 1. The highest BCUT2D eigenvalue weighted by Crippen LogP contribution is 2.27. The lowest BCUT2D eigenvalue weighted by molar-refractivity contribution is -0.121. The number of anilines is 2. The molecule has 1 atom stereocenters. The van der Waals surface area contributed by atoms with Crippen LogP contribution in [0.25, 0.3) is 0 Å². The van der Waals surface area contributed by atoms with Crippen LogP contribution in [-0.2, 0) is 21.2 Å². The van der Waals surface area contributed by atoms with Crippen LogP contribution < -0.4 is 14.8 Å². The predicted molar refractivity (Wildman–Crippen MR) is 107 cm³/mol. The zero-order valence-electron chi connectivity index (χ0n) is 14.7. The highest BCUT2D eigenvalue weighted by molar-refractivity contribution is 7.93. The molecule has 3 aromatic rings. The SMILES string of the molecule is O=C(Nc1ccc(S(=O)(=O)Nc2nccs2)cc1)C1COc2ccccc2C1. The van der Waals surface area contributed by atoms with Crippen LogP contribution in [0.3, 0.4) is 0 Å². The first-order valence-corrected chi connectivity index (χ1v) is 10.9. The summed E-state index contributed by atoms with van der Waals surface area (Å²) in [6.45, 7) is 0.313. The van der Waals surface area contributed by atoms with Gasteiger partial charge in [0, 0.05) is 17.3 Å². The molecule has 144 valence electrons. The van der Waals surface area contributed by atoms with E-state index in [9.17, 15) is 13.2 Å². The fraction of sp³-hybridized carbons (Fsp3) is 0.158. The molecule has 1 unspecified atom stereocenters. The van der Waals surface area contributed by atoms with Gasteiger partial charge in [-0.05, 0) is 42.3 Å². The summed E-state index contributed by atoms with van der Waals surface area (Å²) in [6, 6.07) is 13.7. The maximum atomic E-state index is 12.5. The molecule has 0 bridgehead atoms. The van der Waals surface area contributed by atoms with Crippen molar-refractivity contribution in [2.45, 2.75) is 11.3 Å². The molecule has 9 heteroatoms. The first-order valence-electron chi connectivity index (χ1n) is 8.55. The Balaban J connectivity index is 1.41. The molecule has 0 aliphatic carbocycles. The van der Waals surface area contributed by atoms with E-state index in [0.717, 1.165) is 11.3 Å². The van der Waals surface area contributed by atoms with Gasteiger partial charge in [-0.2, -0.15) is 0 Å². The monoisotopic (exact) mass is 415 g/mol. The van der Waals surface area contributed by atoms with Gasteiger partial charge < -0.3 is 10.1 Å². The van der Waals surface area contributed by atoms with Crippen molar-refractivity contribution in [2.75, 3.05) is 16.6 Å². The van der Waals surface area contributed by atoms with E-state index in [0.29, 0.717) is 23.8 Å². The highest BCUT2D eigenvalue weighted by atomic mass is 32.2. The number of carbonyl (C=O) groups is 1. The quantitative estimate of drug-likeness (QED) is 0.667. The molecule has 2 aromatic carbocycles. The molecular formula is C19H17N3O4S2. The van der Waals surface area contributed by atoms with E-state index in [1.807, 2.05) is 24.3 Å². The molecule has 2 N–H and O–H groups in total. The topological polar surface area (TPSA) is 97.4 Å². The molecule has 0 fully saturated rings. The Labute approximate surface area is 166 Å². The van der Waals surface area contributed by atoms with E-state index < -0.39 is 10.0 Å². The fourth-order valence-corrected chi connectivity index (χ4v) is 4.69. The minimum Gasteiger partial charge on any atom is -0.492 e. The Morgan fingerprint density at radius 2 is 1.93 bits per heavy atom. The van der Waals surface area contributed by atoms with Gasteiger partial charge in [0.05, 0.1) is 10.8 Å². The molecule has 2 heterocycles. The summed E-state index contributed by atoms with van der Waals surface area (Å²) < 4.78 is 32.8. The average Bonchev–Trinajstić information content (AvgIpc) is 3.20. The van der Waals surface area contributed by atoms with Crippen molar-refractivity contribution in [3.8, 4) is 5.75 Å². The third-order valence-corrected chi connectivity index (χ3v) is 6.51. The lowest BCUT2D eigenvalue weighted by Gasteiger charge is -2.24. The maximum absolute atomic E-state index is 12.5.